The third kappa shape index (κ3) is 1.18. The Morgan fingerprint density at radius 3 is 2.69 bits per heavy atom. The summed E-state index contributed by atoms with van der Waals surface area (Å²) >= 11 is 0. The van der Waals surface area contributed by atoms with Crippen molar-refractivity contribution in [1.29, 1.82) is 0 Å². The molecule has 0 fully saturated rings. The van der Waals surface area contributed by atoms with E-state index in [9.17, 15) is 9.59 Å². The molecule has 2 heteroatoms. The maximum absolute atomic E-state index is 11.5. The molecule has 0 atom stereocenters. The summed E-state index contributed by atoms with van der Waals surface area (Å²) in [5.74, 6) is 0.0194. The lowest BCUT2D eigenvalue weighted by molar-refractivity contribution is 0.0931. The van der Waals surface area contributed by atoms with Gasteiger partial charge in [-0.25, -0.2) is 0 Å². The summed E-state index contributed by atoms with van der Waals surface area (Å²) in [4.78, 5) is 22.8. The fraction of sp³-hybridized carbons (Fsp3) is 0.182. The monoisotopic (exact) mass is 173 g/mol. The van der Waals surface area contributed by atoms with E-state index in [1.807, 2.05) is 13.0 Å². The Morgan fingerprint density at radius 2 is 2.00 bits per heavy atom. The maximum atomic E-state index is 11.5. The van der Waals surface area contributed by atoms with Gasteiger partial charge in [0.2, 0.25) is 0 Å². The topological polar surface area (TPSA) is 34.1 Å². The third-order valence-electron chi connectivity index (χ3n) is 2.29. The van der Waals surface area contributed by atoms with Crippen LogP contribution in [-0.4, -0.2) is 11.6 Å². The van der Waals surface area contributed by atoms with Crippen LogP contribution in [0, 0.1) is 13.3 Å². The molecule has 1 aromatic rings. The minimum atomic E-state index is -0.0294. The molecule has 2 nitrogen and oxygen atoms in total. The SMILES string of the molecule is Cc1cccc2c1C(=O)C[CH]C2=O. The lowest BCUT2D eigenvalue weighted by Crippen LogP contribution is -2.18. The summed E-state index contributed by atoms with van der Waals surface area (Å²) < 4.78 is 0. The molecule has 0 spiro atoms. The molecule has 0 bridgehead atoms. The molecule has 0 unspecified atom stereocenters. The van der Waals surface area contributed by atoms with Gasteiger partial charge in [-0.3, -0.25) is 9.59 Å². The minimum Gasteiger partial charge on any atom is -0.294 e. The Bertz CT molecular complexity index is 391. The van der Waals surface area contributed by atoms with Gasteiger partial charge in [0.15, 0.2) is 11.6 Å². The first-order valence-corrected chi connectivity index (χ1v) is 4.20. The average Bonchev–Trinajstić information content (AvgIpc) is 2.12. The Labute approximate surface area is 76.6 Å². The van der Waals surface area contributed by atoms with Crippen LogP contribution in [0.1, 0.15) is 32.7 Å². The number of hydrogen-bond donors (Lipinski definition) is 0. The molecule has 13 heavy (non-hydrogen) atoms. The molecule has 0 saturated carbocycles. The molecule has 1 radical (unpaired) electrons. The molecule has 0 saturated heterocycles. The highest BCUT2D eigenvalue weighted by Crippen LogP contribution is 2.23. The Morgan fingerprint density at radius 1 is 1.23 bits per heavy atom. The molecule has 0 aromatic heterocycles. The van der Waals surface area contributed by atoms with E-state index in [0.717, 1.165) is 5.56 Å². The van der Waals surface area contributed by atoms with Crippen molar-refractivity contribution in [2.24, 2.45) is 0 Å². The number of benzene rings is 1. The zero-order valence-electron chi connectivity index (χ0n) is 7.33. The van der Waals surface area contributed by atoms with Gasteiger partial charge in [-0.15, -0.1) is 0 Å². The van der Waals surface area contributed by atoms with Gasteiger partial charge < -0.3 is 0 Å². The summed E-state index contributed by atoms with van der Waals surface area (Å²) in [6.45, 7) is 1.86. The molecule has 1 aliphatic carbocycles. The van der Waals surface area contributed by atoms with Gasteiger partial charge >= 0.3 is 0 Å². The van der Waals surface area contributed by atoms with E-state index >= 15 is 0 Å². The number of Topliss-reactive ketones (excluding diaryl/α,β-unsaturated/α-hetero) is 2. The van der Waals surface area contributed by atoms with Gasteiger partial charge in [-0.05, 0) is 12.5 Å². The van der Waals surface area contributed by atoms with E-state index in [0.29, 0.717) is 11.1 Å². The van der Waals surface area contributed by atoms with Crippen molar-refractivity contribution in [2.75, 3.05) is 0 Å². The number of fused-ring (bicyclic) bond motifs is 1. The molecule has 0 amide bonds. The lowest BCUT2D eigenvalue weighted by atomic mass is 9.87. The van der Waals surface area contributed by atoms with Gasteiger partial charge in [-0.2, -0.15) is 0 Å². The van der Waals surface area contributed by atoms with Gasteiger partial charge in [0.25, 0.3) is 0 Å². The van der Waals surface area contributed by atoms with Crippen LogP contribution < -0.4 is 0 Å². The van der Waals surface area contributed by atoms with E-state index < -0.39 is 0 Å². The van der Waals surface area contributed by atoms with E-state index in [4.69, 9.17) is 0 Å². The van der Waals surface area contributed by atoms with E-state index in [-0.39, 0.29) is 18.0 Å². The number of ketones is 2. The van der Waals surface area contributed by atoms with Crippen LogP contribution in [0.2, 0.25) is 0 Å². The minimum absolute atomic E-state index is 0.0294. The van der Waals surface area contributed by atoms with E-state index in [2.05, 4.69) is 0 Å². The van der Waals surface area contributed by atoms with Crippen molar-refractivity contribution >= 4 is 11.6 Å². The highest BCUT2D eigenvalue weighted by molar-refractivity contribution is 6.18. The van der Waals surface area contributed by atoms with Crippen LogP contribution in [0.25, 0.3) is 0 Å². The number of aryl methyl sites for hydroxylation is 1. The molecule has 1 aromatic carbocycles. The fourth-order valence-electron chi connectivity index (χ4n) is 1.64. The molecule has 1 aliphatic rings. The second-order valence-corrected chi connectivity index (χ2v) is 3.19. The van der Waals surface area contributed by atoms with Crippen molar-refractivity contribution in [2.45, 2.75) is 13.3 Å². The number of carbonyl (C=O) groups excluding carboxylic acids is 2. The summed E-state index contributed by atoms with van der Waals surface area (Å²) in [5.41, 5.74) is 2.05. The van der Waals surface area contributed by atoms with Gasteiger partial charge in [-0.1, -0.05) is 18.2 Å². The van der Waals surface area contributed by atoms with Crippen LogP contribution >= 0.6 is 0 Å². The summed E-state index contributed by atoms with van der Waals surface area (Å²) in [6, 6.07) is 5.37. The summed E-state index contributed by atoms with van der Waals surface area (Å²) in [7, 11) is 0. The first-order chi connectivity index (χ1) is 6.20. The van der Waals surface area contributed by atoms with Crippen LogP contribution in [0.15, 0.2) is 18.2 Å². The van der Waals surface area contributed by atoms with Crippen molar-refractivity contribution in [3.05, 3.63) is 41.3 Å². The second-order valence-electron chi connectivity index (χ2n) is 3.19. The Kier molecular flexibility index (Phi) is 1.76. The zero-order chi connectivity index (χ0) is 9.42. The third-order valence-corrected chi connectivity index (χ3v) is 2.29. The van der Waals surface area contributed by atoms with Gasteiger partial charge in [0.05, 0.1) is 0 Å². The zero-order valence-corrected chi connectivity index (χ0v) is 7.33. The second kappa shape index (κ2) is 2.80. The van der Waals surface area contributed by atoms with Crippen molar-refractivity contribution < 1.29 is 9.59 Å². The number of rotatable bonds is 0. The molecule has 2 rings (SSSR count). The van der Waals surface area contributed by atoms with Crippen LogP contribution in [-0.2, 0) is 0 Å². The highest BCUT2D eigenvalue weighted by atomic mass is 16.1. The van der Waals surface area contributed by atoms with Crippen molar-refractivity contribution in [1.82, 2.24) is 0 Å². The normalized spacial score (nSPS) is 15.8. The molecule has 0 aliphatic heterocycles. The predicted molar refractivity (Wildman–Crippen MR) is 48.8 cm³/mol. The number of carbonyl (C=O) groups is 2. The molecule has 0 heterocycles. The predicted octanol–water partition coefficient (Wildman–Crippen LogP) is 1.97. The summed E-state index contributed by atoms with van der Waals surface area (Å²) in [5, 5.41) is 0. The van der Waals surface area contributed by atoms with Gasteiger partial charge in [0.1, 0.15) is 0 Å². The lowest BCUT2D eigenvalue weighted by Gasteiger charge is -2.14. The standard InChI is InChI=1S/C11H9O2/c1-7-3-2-4-8-9(12)5-6-10(13)11(7)8/h2-5H,6H2,1H3. The maximum Gasteiger partial charge on any atom is 0.167 e. The largest absolute Gasteiger partial charge is 0.294 e. The Hall–Kier alpha value is -1.44. The van der Waals surface area contributed by atoms with Crippen LogP contribution in [0.3, 0.4) is 0 Å². The van der Waals surface area contributed by atoms with Crippen molar-refractivity contribution in [3.8, 4) is 0 Å². The Balaban J connectivity index is 2.70. The fourth-order valence-corrected chi connectivity index (χ4v) is 1.64. The van der Waals surface area contributed by atoms with Crippen molar-refractivity contribution in [3.63, 3.8) is 0 Å². The summed E-state index contributed by atoms with van der Waals surface area (Å²) in [6.07, 6.45) is 1.70. The van der Waals surface area contributed by atoms with Gasteiger partial charge in [0, 0.05) is 24.0 Å². The number of hydrogen-bond acceptors (Lipinski definition) is 2. The van der Waals surface area contributed by atoms with Crippen LogP contribution in [0.4, 0.5) is 0 Å². The quantitative estimate of drug-likeness (QED) is 0.601. The molecule has 0 N–H and O–H groups in total. The first kappa shape index (κ1) is 8.17. The highest BCUT2D eigenvalue weighted by Gasteiger charge is 2.24. The molecular formula is C11H9O2. The van der Waals surface area contributed by atoms with E-state index in [1.165, 1.54) is 6.42 Å². The van der Waals surface area contributed by atoms with Crippen LogP contribution in [0.5, 0.6) is 0 Å². The van der Waals surface area contributed by atoms with E-state index in [1.54, 1.807) is 12.1 Å². The first-order valence-electron chi connectivity index (χ1n) is 4.20. The smallest absolute Gasteiger partial charge is 0.167 e. The molecular weight excluding hydrogens is 164 g/mol. The average molecular weight is 173 g/mol. The molecule has 65 valence electrons.